The number of nitrogens with two attached hydrogens (primary N) is 1. The highest BCUT2D eigenvalue weighted by atomic mass is 16.4. The van der Waals surface area contributed by atoms with Gasteiger partial charge in [0.05, 0.1) is 17.0 Å². The lowest BCUT2D eigenvalue weighted by atomic mass is 10.0. The highest BCUT2D eigenvalue weighted by Gasteiger charge is 2.18. The summed E-state index contributed by atoms with van der Waals surface area (Å²) >= 11 is 0. The van der Waals surface area contributed by atoms with E-state index in [0.717, 1.165) is 0 Å². The van der Waals surface area contributed by atoms with E-state index in [1.807, 2.05) is 0 Å². The molecule has 1 amide bonds. The summed E-state index contributed by atoms with van der Waals surface area (Å²) in [6.07, 6.45) is 3.88. The average molecular weight is 180 g/mol. The number of primary amides is 1. The number of carboxylic acid groups (broad SMARTS) is 1. The zero-order valence-electron chi connectivity index (χ0n) is 6.73. The fourth-order valence-corrected chi connectivity index (χ4v) is 0.971. The van der Waals surface area contributed by atoms with E-state index in [9.17, 15) is 9.59 Å². The molecule has 0 atom stereocenters. The van der Waals surface area contributed by atoms with E-state index in [2.05, 4.69) is 4.99 Å². The van der Waals surface area contributed by atoms with E-state index in [0.29, 0.717) is 5.57 Å². The molecule has 0 aromatic rings. The van der Waals surface area contributed by atoms with Gasteiger partial charge in [-0.2, -0.15) is 0 Å². The van der Waals surface area contributed by atoms with Crippen molar-refractivity contribution in [2.75, 3.05) is 0 Å². The lowest BCUT2D eigenvalue weighted by Crippen LogP contribution is -2.18. The van der Waals surface area contributed by atoms with Gasteiger partial charge in [-0.15, -0.1) is 0 Å². The van der Waals surface area contributed by atoms with E-state index < -0.39 is 11.9 Å². The molecule has 5 nitrogen and oxygen atoms in total. The summed E-state index contributed by atoms with van der Waals surface area (Å²) in [6.45, 7) is 0. The highest BCUT2D eigenvalue weighted by Crippen LogP contribution is 2.10. The maximum absolute atomic E-state index is 10.8. The number of nitrogens with zero attached hydrogens (tertiary/aromatic N) is 1. The third-order valence-electron chi connectivity index (χ3n) is 1.51. The molecule has 1 aliphatic heterocycles. The summed E-state index contributed by atoms with van der Waals surface area (Å²) in [5, 5.41) is 8.49. The Morgan fingerprint density at radius 3 is 2.77 bits per heavy atom. The van der Waals surface area contributed by atoms with Crippen molar-refractivity contribution in [2.45, 2.75) is 6.42 Å². The number of hydrogen-bond acceptors (Lipinski definition) is 3. The molecule has 0 fully saturated rings. The molecule has 0 aromatic carbocycles. The van der Waals surface area contributed by atoms with Crippen LogP contribution in [0.4, 0.5) is 0 Å². The Balaban J connectivity index is 2.99. The Kier molecular flexibility index (Phi) is 2.59. The molecule has 0 unspecified atom stereocenters. The van der Waals surface area contributed by atoms with Crippen molar-refractivity contribution in [3.05, 3.63) is 23.4 Å². The minimum atomic E-state index is -1.02. The van der Waals surface area contributed by atoms with Crippen molar-refractivity contribution < 1.29 is 14.7 Å². The molecule has 0 bridgehead atoms. The van der Waals surface area contributed by atoms with Crippen molar-refractivity contribution in [3.8, 4) is 0 Å². The Labute approximate surface area is 74.3 Å². The first kappa shape index (κ1) is 9.18. The molecule has 5 heteroatoms. The molecule has 0 spiro atoms. The van der Waals surface area contributed by atoms with Crippen LogP contribution in [0.1, 0.15) is 6.42 Å². The normalized spacial score (nSPS) is 14.8. The van der Waals surface area contributed by atoms with Crippen LogP contribution < -0.4 is 10.7 Å². The van der Waals surface area contributed by atoms with E-state index in [1.165, 1.54) is 18.5 Å². The summed E-state index contributed by atoms with van der Waals surface area (Å²) < 4.78 is 0. The second-order valence-corrected chi connectivity index (χ2v) is 2.47. The molecule has 1 heterocycles. The van der Waals surface area contributed by atoms with Gasteiger partial charge in [-0.3, -0.25) is 9.59 Å². The van der Waals surface area contributed by atoms with Gasteiger partial charge in [-0.1, -0.05) is 0 Å². The Morgan fingerprint density at radius 2 is 2.23 bits per heavy atom. The third-order valence-corrected chi connectivity index (χ3v) is 1.51. The molecule has 0 saturated carbocycles. The smallest absolute Gasteiger partial charge is 0.308 e. The minimum Gasteiger partial charge on any atom is -0.481 e. The Morgan fingerprint density at radius 1 is 1.54 bits per heavy atom. The fraction of sp³-hybridized carbons (Fsp3) is 0.125. The van der Waals surface area contributed by atoms with Crippen LogP contribution in [0.3, 0.4) is 0 Å². The van der Waals surface area contributed by atoms with Crippen molar-refractivity contribution >= 4 is 18.1 Å². The molecule has 0 saturated heterocycles. The van der Waals surface area contributed by atoms with Gasteiger partial charge >= 0.3 is 5.97 Å². The first-order valence-electron chi connectivity index (χ1n) is 3.55. The number of carbonyl (C=O) groups excluding carboxylic acids is 1. The number of hydrogen-bond donors (Lipinski definition) is 2. The topological polar surface area (TPSA) is 94.5 Å². The number of amides is 1. The van der Waals surface area contributed by atoms with Gasteiger partial charge in [-0.25, -0.2) is 0 Å². The summed E-state index contributed by atoms with van der Waals surface area (Å²) in [7, 11) is 0. The van der Waals surface area contributed by atoms with E-state index >= 15 is 0 Å². The first-order chi connectivity index (χ1) is 6.11. The molecule has 3 N–H and O–H groups in total. The minimum absolute atomic E-state index is 0.206. The molecule has 1 aliphatic rings. The predicted molar refractivity (Wildman–Crippen MR) is 45.8 cm³/mol. The van der Waals surface area contributed by atoms with Gasteiger partial charge < -0.3 is 10.8 Å². The zero-order valence-corrected chi connectivity index (χ0v) is 6.73. The van der Waals surface area contributed by atoms with Crippen LogP contribution in [-0.2, 0) is 9.59 Å². The largest absolute Gasteiger partial charge is 0.481 e. The maximum atomic E-state index is 10.8. The van der Waals surface area contributed by atoms with Gasteiger partial charge in [0.15, 0.2) is 0 Å². The third kappa shape index (κ3) is 2.26. The first-order valence-corrected chi connectivity index (χ1v) is 3.55. The van der Waals surface area contributed by atoms with Gasteiger partial charge in [0.25, 0.3) is 0 Å². The number of aliphatic carboxylic acids is 1. The molecule has 67 valence electrons. The van der Waals surface area contributed by atoms with Gasteiger partial charge in [0, 0.05) is 11.6 Å². The Hall–Kier alpha value is -1.91. The monoisotopic (exact) mass is 180 g/mol. The van der Waals surface area contributed by atoms with Crippen molar-refractivity contribution in [1.29, 1.82) is 0 Å². The molecule has 1 rings (SSSR count). The van der Waals surface area contributed by atoms with Crippen molar-refractivity contribution in [2.24, 2.45) is 5.73 Å². The van der Waals surface area contributed by atoms with Gasteiger partial charge in [0.2, 0.25) is 18.3 Å². The fourth-order valence-electron chi connectivity index (χ4n) is 0.971. The summed E-state index contributed by atoms with van der Waals surface area (Å²) in [6, 6.07) is 0. The summed E-state index contributed by atoms with van der Waals surface area (Å²) in [4.78, 5) is 24.9. The standard InChI is InChI=1S/C8H8N2O3/c9-8(13)6-1-2-10-4-5(6)3-7(11)12/h1-2,4H,3H2,(H2,9,13)(H,11,12)/q+1. The second kappa shape index (κ2) is 3.66. The van der Waals surface area contributed by atoms with E-state index in [-0.39, 0.29) is 12.0 Å². The maximum Gasteiger partial charge on any atom is 0.308 e. The number of carbonyl (C=O) groups is 2. The van der Waals surface area contributed by atoms with Crippen LogP contribution in [0.2, 0.25) is 0 Å². The summed E-state index contributed by atoms with van der Waals surface area (Å²) in [5.41, 5.74) is 5.57. The van der Waals surface area contributed by atoms with Crippen LogP contribution in [0.5, 0.6) is 0 Å². The molecule has 13 heavy (non-hydrogen) atoms. The number of aliphatic imine (C=N–C) groups is 1. The SMILES string of the molecule is NC(=O)C1=C(CC(=O)O)C=[N+]C=C1. The second-order valence-electron chi connectivity index (χ2n) is 2.47. The van der Waals surface area contributed by atoms with Gasteiger partial charge in [0.1, 0.15) is 0 Å². The number of carboxylic acids is 1. The van der Waals surface area contributed by atoms with Crippen molar-refractivity contribution in [1.82, 2.24) is 4.99 Å². The number of rotatable bonds is 3. The lowest BCUT2D eigenvalue weighted by Gasteiger charge is -1.99. The molecule has 1 radical (unpaired) electrons. The summed E-state index contributed by atoms with van der Waals surface area (Å²) in [5.74, 6) is -1.66. The zero-order chi connectivity index (χ0) is 9.84. The van der Waals surface area contributed by atoms with E-state index in [4.69, 9.17) is 10.8 Å². The van der Waals surface area contributed by atoms with Crippen LogP contribution in [0.25, 0.3) is 0 Å². The molecule has 0 aromatic heterocycles. The van der Waals surface area contributed by atoms with E-state index in [1.54, 1.807) is 0 Å². The average Bonchev–Trinajstić information content (AvgIpc) is 2.03. The van der Waals surface area contributed by atoms with Crippen LogP contribution in [0.15, 0.2) is 23.4 Å². The van der Waals surface area contributed by atoms with Crippen LogP contribution in [0, 0.1) is 0 Å². The Bertz CT molecular complexity index is 339. The van der Waals surface area contributed by atoms with Gasteiger partial charge in [-0.05, 0) is 0 Å². The van der Waals surface area contributed by atoms with Crippen LogP contribution in [-0.4, -0.2) is 23.2 Å². The molecule has 0 aliphatic carbocycles. The lowest BCUT2D eigenvalue weighted by molar-refractivity contribution is -0.136. The van der Waals surface area contributed by atoms with Crippen molar-refractivity contribution in [3.63, 3.8) is 0 Å². The quantitative estimate of drug-likeness (QED) is 0.593. The highest BCUT2D eigenvalue weighted by molar-refractivity contribution is 6.03. The van der Waals surface area contributed by atoms with Crippen LogP contribution >= 0.6 is 0 Å². The molecular formula is C8H8N2O3+. The molecular weight excluding hydrogens is 172 g/mol. The predicted octanol–water partition coefficient (Wildman–Crippen LogP) is -0.823.